The molecule has 106 valence electrons. The van der Waals surface area contributed by atoms with Crippen molar-refractivity contribution in [1.82, 2.24) is 4.90 Å². The van der Waals surface area contributed by atoms with Gasteiger partial charge in [0.25, 0.3) is 5.91 Å². The normalized spacial score (nSPS) is 10.8. The summed E-state index contributed by atoms with van der Waals surface area (Å²) in [6.45, 7) is 4.33. The lowest BCUT2D eigenvalue weighted by Crippen LogP contribution is -2.36. The van der Waals surface area contributed by atoms with Gasteiger partial charge in [0.15, 0.2) is 0 Å². The van der Waals surface area contributed by atoms with Gasteiger partial charge in [0.05, 0.1) is 11.8 Å². The van der Waals surface area contributed by atoms with Crippen molar-refractivity contribution < 1.29 is 9.21 Å². The number of nitrogens with two attached hydrogens (primary N) is 1. The van der Waals surface area contributed by atoms with Crippen molar-refractivity contribution in [1.29, 1.82) is 0 Å². The fraction of sp³-hybridized carbons (Fsp3) is 0.267. The summed E-state index contributed by atoms with van der Waals surface area (Å²) in [4.78, 5) is 14.2. The summed E-state index contributed by atoms with van der Waals surface area (Å²) in [6.07, 6.45) is 1.41. The molecule has 0 radical (unpaired) electrons. The van der Waals surface area contributed by atoms with Crippen LogP contribution >= 0.6 is 11.6 Å². The molecule has 5 heteroatoms. The van der Waals surface area contributed by atoms with Gasteiger partial charge in [-0.25, -0.2) is 0 Å². The molecular weight excluding hydrogens is 276 g/mol. The van der Waals surface area contributed by atoms with E-state index in [4.69, 9.17) is 21.8 Å². The van der Waals surface area contributed by atoms with Crippen LogP contribution in [-0.4, -0.2) is 16.8 Å². The van der Waals surface area contributed by atoms with E-state index >= 15 is 0 Å². The first-order valence-electron chi connectivity index (χ1n) is 6.38. The van der Waals surface area contributed by atoms with E-state index in [1.165, 1.54) is 6.26 Å². The second-order valence-corrected chi connectivity index (χ2v) is 5.18. The van der Waals surface area contributed by atoms with Gasteiger partial charge < -0.3 is 15.1 Å². The standard InChI is InChI=1S/C15H17ClN2O2/c1-10(2)18(9-11-5-3-4-6-13(11)17)15(19)12-7-8-20-14(12)16/h3-8,10H,9,17H2,1-2H3. The number of hydrogen-bond acceptors (Lipinski definition) is 3. The highest BCUT2D eigenvalue weighted by Gasteiger charge is 2.23. The van der Waals surface area contributed by atoms with E-state index in [0.717, 1.165) is 5.56 Å². The number of hydrogen-bond donors (Lipinski definition) is 1. The lowest BCUT2D eigenvalue weighted by atomic mass is 10.1. The molecule has 1 aromatic carbocycles. The predicted octanol–water partition coefficient (Wildman–Crippen LogP) is 3.57. The fourth-order valence-corrected chi connectivity index (χ4v) is 2.15. The largest absolute Gasteiger partial charge is 0.452 e. The molecule has 1 aromatic heterocycles. The third-order valence-electron chi connectivity index (χ3n) is 3.13. The van der Waals surface area contributed by atoms with E-state index in [1.807, 2.05) is 38.1 Å². The molecule has 4 nitrogen and oxygen atoms in total. The number of nitrogen functional groups attached to an aromatic ring is 1. The summed E-state index contributed by atoms with van der Waals surface area (Å²) in [5.41, 5.74) is 7.89. The first kappa shape index (κ1) is 14.5. The molecule has 1 amide bonds. The third-order valence-corrected chi connectivity index (χ3v) is 3.42. The molecule has 0 atom stereocenters. The van der Waals surface area contributed by atoms with Crippen LogP contribution in [0.15, 0.2) is 41.0 Å². The average molecular weight is 293 g/mol. The zero-order chi connectivity index (χ0) is 14.7. The molecule has 0 saturated carbocycles. The van der Waals surface area contributed by atoms with E-state index in [-0.39, 0.29) is 17.2 Å². The fourth-order valence-electron chi connectivity index (χ4n) is 1.95. The molecule has 0 aliphatic heterocycles. The topological polar surface area (TPSA) is 59.5 Å². The number of halogens is 1. The third kappa shape index (κ3) is 2.96. The lowest BCUT2D eigenvalue weighted by Gasteiger charge is -2.27. The zero-order valence-electron chi connectivity index (χ0n) is 11.5. The van der Waals surface area contributed by atoms with Crippen molar-refractivity contribution >= 4 is 23.2 Å². The molecule has 0 bridgehead atoms. The number of nitrogens with zero attached hydrogens (tertiary/aromatic N) is 1. The second-order valence-electron chi connectivity index (χ2n) is 4.83. The number of benzene rings is 1. The number of furan rings is 1. The van der Waals surface area contributed by atoms with Crippen molar-refractivity contribution in [2.75, 3.05) is 5.73 Å². The Labute approximate surface area is 123 Å². The Hall–Kier alpha value is -1.94. The molecule has 1 heterocycles. The number of amides is 1. The molecule has 0 aliphatic carbocycles. The molecule has 2 aromatic rings. The Morgan fingerprint density at radius 3 is 2.60 bits per heavy atom. The van der Waals surface area contributed by atoms with Crippen LogP contribution in [0.25, 0.3) is 0 Å². The van der Waals surface area contributed by atoms with E-state index in [0.29, 0.717) is 17.8 Å². The van der Waals surface area contributed by atoms with E-state index < -0.39 is 0 Å². The number of rotatable bonds is 4. The first-order chi connectivity index (χ1) is 9.50. The van der Waals surface area contributed by atoms with Gasteiger partial charge in [0.1, 0.15) is 0 Å². The zero-order valence-corrected chi connectivity index (χ0v) is 12.2. The van der Waals surface area contributed by atoms with Crippen molar-refractivity contribution in [3.8, 4) is 0 Å². The molecular formula is C15H17ClN2O2. The Bertz CT molecular complexity index is 607. The quantitative estimate of drug-likeness (QED) is 0.877. The minimum Gasteiger partial charge on any atom is -0.452 e. The van der Waals surface area contributed by atoms with Crippen LogP contribution in [-0.2, 0) is 6.54 Å². The van der Waals surface area contributed by atoms with Crippen LogP contribution in [0.1, 0.15) is 29.8 Å². The van der Waals surface area contributed by atoms with Crippen molar-refractivity contribution in [3.63, 3.8) is 0 Å². The highest BCUT2D eigenvalue weighted by molar-refractivity contribution is 6.32. The van der Waals surface area contributed by atoms with Gasteiger partial charge in [-0.1, -0.05) is 18.2 Å². The number of carbonyl (C=O) groups is 1. The maximum absolute atomic E-state index is 12.5. The van der Waals surface area contributed by atoms with Gasteiger partial charge in [-0.15, -0.1) is 0 Å². The Balaban J connectivity index is 2.27. The van der Waals surface area contributed by atoms with Gasteiger partial charge >= 0.3 is 0 Å². The van der Waals surface area contributed by atoms with Crippen LogP contribution < -0.4 is 5.73 Å². The maximum Gasteiger partial charge on any atom is 0.259 e. The SMILES string of the molecule is CC(C)N(Cc1ccccc1N)C(=O)c1ccoc1Cl. The molecule has 0 aliphatic rings. The Morgan fingerprint density at radius 2 is 2.05 bits per heavy atom. The minimum atomic E-state index is -0.165. The molecule has 2 N–H and O–H groups in total. The smallest absolute Gasteiger partial charge is 0.259 e. The summed E-state index contributed by atoms with van der Waals surface area (Å²) >= 11 is 5.88. The molecule has 0 fully saturated rings. The van der Waals surface area contributed by atoms with Crippen molar-refractivity contribution in [2.24, 2.45) is 0 Å². The van der Waals surface area contributed by atoms with Gasteiger partial charge in [-0.05, 0) is 43.1 Å². The summed E-state index contributed by atoms with van der Waals surface area (Å²) < 4.78 is 4.98. The van der Waals surface area contributed by atoms with Crippen molar-refractivity contribution in [2.45, 2.75) is 26.4 Å². The number of anilines is 1. The molecule has 0 unspecified atom stereocenters. The lowest BCUT2D eigenvalue weighted by molar-refractivity contribution is 0.0690. The van der Waals surface area contributed by atoms with Gasteiger partial charge in [-0.3, -0.25) is 4.79 Å². The van der Waals surface area contributed by atoms with Gasteiger partial charge in [0, 0.05) is 18.3 Å². The number of para-hydroxylation sites is 1. The molecule has 0 saturated heterocycles. The van der Waals surface area contributed by atoms with Crippen LogP contribution in [0.4, 0.5) is 5.69 Å². The molecule has 2 rings (SSSR count). The van der Waals surface area contributed by atoms with Crippen LogP contribution in [0.2, 0.25) is 5.22 Å². The van der Waals surface area contributed by atoms with E-state index in [2.05, 4.69) is 0 Å². The van der Waals surface area contributed by atoms with Gasteiger partial charge in [0.2, 0.25) is 5.22 Å². The Morgan fingerprint density at radius 1 is 1.35 bits per heavy atom. The summed E-state index contributed by atoms with van der Waals surface area (Å²) in [5.74, 6) is -0.165. The van der Waals surface area contributed by atoms with Crippen LogP contribution in [0.5, 0.6) is 0 Å². The highest BCUT2D eigenvalue weighted by Crippen LogP contribution is 2.22. The summed E-state index contributed by atoms with van der Waals surface area (Å²) in [5, 5.41) is 0.113. The number of carbonyl (C=O) groups excluding carboxylic acids is 1. The van der Waals surface area contributed by atoms with E-state index in [1.54, 1.807) is 11.0 Å². The predicted molar refractivity (Wildman–Crippen MR) is 79.6 cm³/mol. The second kappa shape index (κ2) is 6.01. The molecule has 20 heavy (non-hydrogen) atoms. The summed E-state index contributed by atoms with van der Waals surface area (Å²) in [7, 11) is 0. The average Bonchev–Trinajstić information content (AvgIpc) is 2.83. The van der Waals surface area contributed by atoms with Crippen LogP contribution in [0.3, 0.4) is 0 Å². The summed E-state index contributed by atoms with van der Waals surface area (Å²) in [6, 6.07) is 9.10. The van der Waals surface area contributed by atoms with E-state index in [9.17, 15) is 4.79 Å². The van der Waals surface area contributed by atoms with Crippen molar-refractivity contribution in [3.05, 3.63) is 52.9 Å². The maximum atomic E-state index is 12.5. The van der Waals surface area contributed by atoms with Gasteiger partial charge in [-0.2, -0.15) is 0 Å². The van der Waals surface area contributed by atoms with Crippen LogP contribution in [0, 0.1) is 0 Å². The minimum absolute atomic E-state index is 0.0214. The highest BCUT2D eigenvalue weighted by atomic mass is 35.5. The first-order valence-corrected chi connectivity index (χ1v) is 6.76. The monoisotopic (exact) mass is 292 g/mol. The molecule has 0 spiro atoms. The Kier molecular flexibility index (Phi) is 4.35.